The standard InChI is InChI=1S/C11H12N4O3S/c1-18-8-2-4-9(5-3-8)19(16,17)10-6-7-15(14-10)11(12)13/h2-7H,1H3,(H3,12,13). The summed E-state index contributed by atoms with van der Waals surface area (Å²) < 4.78 is 30.4. The van der Waals surface area contributed by atoms with E-state index in [-0.39, 0.29) is 15.9 Å². The predicted octanol–water partition coefficient (Wildman–Crippen LogP) is 0.466. The molecule has 100 valence electrons. The Kier molecular flexibility index (Phi) is 3.26. The van der Waals surface area contributed by atoms with Crippen molar-refractivity contribution in [3.8, 4) is 5.75 Å². The van der Waals surface area contributed by atoms with E-state index in [2.05, 4.69) is 5.10 Å². The maximum Gasteiger partial charge on any atom is 0.225 e. The number of nitrogen functional groups attached to an aromatic ring is 1. The minimum Gasteiger partial charge on any atom is -0.497 e. The molecule has 0 aliphatic carbocycles. The third-order valence-corrected chi connectivity index (χ3v) is 4.12. The molecule has 2 aromatic rings. The van der Waals surface area contributed by atoms with Crippen molar-refractivity contribution in [2.75, 3.05) is 7.11 Å². The van der Waals surface area contributed by atoms with Gasteiger partial charge in [0, 0.05) is 6.20 Å². The van der Waals surface area contributed by atoms with Crippen LogP contribution >= 0.6 is 0 Å². The smallest absolute Gasteiger partial charge is 0.225 e. The summed E-state index contributed by atoms with van der Waals surface area (Å²) in [7, 11) is -2.22. The topological polar surface area (TPSA) is 111 Å². The molecule has 0 saturated heterocycles. The van der Waals surface area contributed by atoms with Crippen molar-refractivity contribution in [1.29, 1.82) is 5.41 Å². The summed E-state index contributed by atoms with van der Waals surface area (Å²) in [4.78, 5) is 0.0992. The largest absolute Gasteiger partial charge is 0.497 e. The first kappa shape index (κ1) is 13.1. The zero-order valence-electron chi connectivity index (χ0n) is 10.1. The number of nitrogens with one attached hydrogen (secondary N) is 1. The van der Waals surface area contributed by atoms with Crippen molar-refractivity contribution in [3.63, 3.8) is 0 Å². The Bertz CT molecular complexity index is 704. The van der Waals surface area contributed by atoms with E-state index in [4.69, 9.17) is 15.9 Å². The molecule has 1 heterocycles. The van der Waals surface area contributed by atoms with Gasteiger partial charge in [-0.3, -0.25) is 5.41 Å². The van der Waals surface area contributed by atoms with Gasteiger partial charge in [-0.15, -0.1) is 0 Å². The van der Waals surface area contributed by atoms with Gasteiger partial charge >= 0.3 is 0 Å². The van der Waals surface area contributed by atoms with Gasteiger partial charge in [-0.25, -0.2) is 13.1 Å². The number of hydrogen-bond donors (Lipinski definition) is 2. The zero-order chi connectivity index (χ0) is 14.0. The van der Waals surface area contributed by atoms with E-state index in [0.717, 1.165) is 4.68 Å². The second-order valence-corrected chi connectivity index (χ2v) is 5.56. The number of rotatable bonds is 3. The number of benzene rings is 1. The molecule has 2 rings (SSSR count). The maximum atomic E-state index is 12.2. The summed E-state index contributed by atoms with van der Waals surface area (Å²) in [6.45, 7) is 0. The van der Waals surface area contributed by atoms with Crippen LogP contribution < -0.4 is 10.5 Å². The highest BCUT2D eigenvalue weighted by Gasteiger charge is 2.21. The highest BCUT2D eigenvalue weighted by Crippen LogP contribution is 2.21. The quantitative estimate of drug-likeness (QED) is 0.627. The predicted molar refractivity (Wildman–Crippen MR) is 68.0 cm³/mol. The fraction of sp³-hybridized carbons (Fsp3) is 0.0909. The monoisotopic (exact) mass is 280 g/mol. The van der Waals surface area contributed by atoms with Crippen LogP contribution in [-0.2, 0) is 9.84 Å². The Morgan fingerprint density at radius 2 is 1.95 bits per heavy atom. The van der Waals surface area contributed by atoms with Gasteiger partial charge in [0.1, 0.15) is 5.75 Å². The average Bonchev–Trinajstić information content (AvgIpc) is 2.89. The van der Waals surface area contributed by atoms with E-state index < -0.39 is 9.84 Å². The molecule has 0 aliphatic heterocycles. The van der Waals surface area contributed by atoms with Crippen LogP contribution in [0.25, 0.3) is 0 Å². The molecular weight excluding hydrogens is 268 g/mol. The lowest BCUT2D eigenvalue weighted by molar-refractivity contribution is 0.414. The average molecular weight is 280 g/mol. The first-order valence-corrected chi connectivity index (χ1v) is 6.72. The van der Waals surface area contributed by atoms with Gasteiger partial charge in [-0.05, 0) is 30.3 Å². The van der Waals surface area contributed by atoms with E-state index in [1.165, 1.54) is 31.5 Å². The van der Waals surface area contributed by atoms with Crippen molar-refractivity contribution in [2.45, 2.75) is 9.92 Å². The van der Waals surface area contributed by atoms with Gasteiger partial charge in [0.15, 0.2) is 5.03 Å². The lowest BCUT2D eigenvalue weighted by Crippen LogP contribution is -2.21. The number of aromatic nitrogens is 2. The number of methoxy groups -OCH3 is 1. The fourth-order valence-corrected chi connectivity index (χ4v) is 2.63. The molecule has 0 saturated carbocycles. The third-order valence-electron chi connectivity index (χ3n) is 2.46. The molecule has 1 aromatic heterocycles. The molecule has 0 unspecified atom stereocenters. The van der Waals surface area contributed by atoms with Crippen LogP contribution in [0, 0.1) is 5.41 Å². The fourth-order valence-electron chi connectivity index (χ4n) is 1.46. The van der Waals surface area contributed by atoms with Gasteiger partial charge in [-0.2, -0.15) is 5.10 Å². The molecule has 0 amide bonds. The summed E-state index contributed by atoms with van der Waals surface area (Å²) in [5.74, 6) is 0.212. The molecular formula is C11H12N4O3S. The Morgan fingerprint density at radius 3 is 2.42 bits per heavy atom. The molecule has 1 aromatic carbocycles. The normalized spacial score (nSPS) is 11.2. The van der Waals surface area contributed by atoms with Crippen LogP contribution in [0.2, 0.25) is 0 Å². The molecule has 19 heavy (non-hydrogen) atoms. The molecule has 8 heteroatoms. The van der Waals surface area contributed by atoms with E-state index in [0.29, 0.717) is 5.75 Å². The van der Waals surface area contributed by atoms with Crippen LogP contribution in [0.5, 0.6) is 5.75 Å². The molecule has 0 fully saturated rings. The zero-order valence-corrected chi connectivity index (χ0v) is 10.9. The summed E-state index contributed by atoms with van der Waals surface area (Å²) in [5.41, 5.74) is 5.22. The van der Waals surface area contributed by atoms with Crippen LogP contribution in [0.15, 0.2) is 46.5 Å². The second-order valence-electron chi connectivity index (χ2n) is 3.66. The minimum atomic E-state index is -3.72. The van der Waals surface area contributed by atoms with E-state index in [1.54, 1.807) is 12.1 Å². The second kappa shape index (κ2) is 4.73. The van der Waals surface area contributed by atoms with E-state index >= 15 is 0 Å². The lowest BCUT2D eigenvalue weighted by atomic mass is 10.3. The van der Waals surface area contributed by atoms with Gasteiger partial charge in [0.05, 0.1) is 12.0 Å². The summed E-state index contributed by atoms with van der Waals surface area (Å²) in [6, 6.07) is 7.26. The van der Waals surface area contributed by atoms with Gasteiger partial charge in [-0.1, -0.05) is 0 Å². The summed E-state index contributed by atoms with van der Waals surface area (Å²) >= 11 is 0. The van der Waals surface area contributed by atoms with Crippen LogP contribution in [0.1, 0.15) is 0 Å². The van der Waals surface area contributed by atoms with Gasteiger partial charge in [0.25, 0.3) is 0 Å². The van der Waals surface area contributed by atoms with Crippen LogP contribution in [0.4, 0.5) is 0 Å². The van der Waals surface area contributed by atoms with Gasteiger partial charge < -0.3 is 10.5 Å². The number of sulfone groups is 1. The van der Waals surface area contributed by atoms with Crippen LogP contribution in [-0.4, -0.2) is 31.3 Å². The maximum absolute atomic E-state index is 12.2. The SMILES string of the molecule is COc1ccc(S(=O)(=O)c2ccn(C(=N)N)n2)cc1. The molecule has 0 atom stereocenters. The summed E-state index contributed by atoms with van der Waals surface area (Å²) in [5, 5.41) is 10.8. The Hall–Kier alpha value is -2.35. The minimum absolute atomic E-state index is 0.0992. The Balaban J connectivity index is 2.42. The Morgan fingerprint density at radius 1 is 1.32 bits per heavy atom. The first-order valence-electron chi connectivity index (χ1n) is 5.24. The van der Waals surface area contributed by atoms with Crippen molar-refractivity contribution < 1.29 is 13.2 Å². The number of hydrogen-bond acceptors (Lipinski definition) is 5. The molecule has 0 spiro atoms. The van der Waals surface area contributed by atoms with E-state index in [1.807, 2.05) is 0 Å². The highest BCUT2D eigenvalue weighted by molar-refractivity contribution is 7.91. The molecule has 0 aliphatic rings. The number of ether oxygens (including phenoxy) is 1. The van der Waals surface area contributed by atoms with Crippen molar-refractivity contribution >= 4 is 15.8 Å². The molecule has 7 nitrogen and oxygen atoms in total. The number of nitrogens with two attached hydrogens (primary N) is 1. The lowest BCUT2D eigenvalue weighted by Gasteiger charge is -2.03. The molecule has 3 N–H and O–H groups in total. The van der Waals surface area contributed by atoms with Crippen molar-refractivity contribution in [3.05, 3.63) is 36.5 Å². The van der Waals surface area contributed by atoms with Crippen molar-refractivity contribution in [2.24, 2.45) is 5.73 Å². The Labute approximate surface area is 110 Å². The van der Waals surface area contributed by atoms with Crippen LogP contribution in [0.3, 0.4) is 0 Å². The molecule has 0 radical (unpaired) electrons. The summed E-state index contributed by atoms with van der Waals surface area (Å²) in [6.07, 6.45) is 1.32. The number of nitrogens with zero attached hydrogens (tertiary/aromatic N) is 2. The van der Waals surface area contributed by atoms with Crippen molar-refractivity contribution in [1.82, 2.24) is 9.78 Å². The third kappa shape index (κ3) is 2.43. The molecule has 0 bridgehead atoms. The first-order chi connectivity index (χ1) is 8.95. The highest BCUT2D eigenvalue weighted by atomic mass is 32.2. The van der Waals surface area contributed by atoms with Gasteiger partial charge in [0.2, 0.25) is 15.8 Å². The van der Waals surface area contributed by atoms with E-state index in [9.17, 15) is 8.42 Å².